The molecule has 0 aliphatic rings. The third kappa shape index (κ3) is 4.09. The van der Waals surface area contributed by atoms with E-state index in [1.807, 2.05) is 0 Å². The molecule has 114 valence electrons. The number of ether oxygens (including phenoxy) is 1. The molecular formula is C17H22BrNOS. The highest BCUT2D eigenvalue weighted by molar-refractivity contribution is 9.10. The van der Waals surface area contributed by atoms with E-state index in [4.69, 9.17) is 4.74 Å². The third-order valence-corrected chi connectivity index (χ3v) is 4.86. The molecule has 0 aliphatic heterocycles. The number of benzene rings is 1. The summed E-state index contributed by atoms with van der Waals surface area (Å²) in [7, 11) is 0. The molecule has 1 aromatic heterocycles. The number of halogens is 1. The van der Waals surface area contributed by atoms with Gasteiger partial charge >= 0.3 is 0 Å². The van der Waals surface area contributed by atoms with E-state index < -0.39 is 0 Å². The van der Waals surface area contributed by atoms with Crippen molar-refractivity contribution in [3.63, 3.8) is 0 Å². The molecule has 1 heterocycles. The van der Waals surface area contributed by atoms with Gasteiger partial charge in [0, 0.05) is 0 Å². The monoisotopic (exact) mass is 367 g/mol. The van der Waals surface area contributed by atoms with Gasteiger partial charge in [0.15, 0.2) is 0 Å². The summed E-state index contributed by atoms with van der Waals surface area (Å²) in [5, 5.41) is 8.01. The van der Waals surface area contributed by atoms with Crippen LogP contribution in [0.25, 0.3) is 0 Å². The zero-order chi connectivity index (χ0) is 15.2. The van der Waals surface area contributed by atoms with Crippen molar-refractivity contribution in [3.05, 3.63) is 50.1 Å². The number of thiophene rings is 1. The van der Waals surface area contributed by atoms with Crippen LogP contribution in [0.4, 0.5) is 0 Å². The lowest BCUT2D eigenvalue weighted by Crippen LogP contribution is -2.22. The summed E-state index contributed by atoms with van der Waals surface area (Å²) >= 11 is 5.39. The van der Waals surface area contributed by atoms with Gasteiger partial charge in [-0.05, 0) is 75.4 Å². The van der Waals surface area contributed by atoms with Crippen LogP contribution in [0.2, 0.25) is 0 Å². The first kappa shape index (κ1) is 16.5. The predicted octanol–water partition coefficient (Wildman–Crippen LogP) is 5.31. The normalized spacial score (nSPS) is 12.4. The molecule has 2 nitrogen and oxygen atoms in total. The first-order valence-electron chi connectivity index (χ1n) is 7.35. The molecular weight excluding hydrogens is 346 g/mol. The predicted molar refractivity (Wildman–Crippen MR) is 94.5 cm³/mol. The van der Waals surface area contributed by atoms with E-state index in [9.17, 15) is 0 Å². The standard InChI is InChI=1S/C17H22BrNOS/c1-4-8-20-16-7-6-13(9-15(16)18)17(19-5-2)14-11-21-10-12(14)3/h6-7,9-11,17,19H,4-5,8H2,1-3H3. The average molecular weight is 368 g/mol. The second kappa shape index (κ2) is 7.97. The van der Waals surface area contributed by atoms with E-state index in [1.54, 1.807) is 11.3 Å². The molecule has 2 rings (SSSR count). The zero-order valence-corrected chi connectivity index (χ0v) is 15.2. The molecule has 0 fully saturated rings. The Balaban J connectivity index is 2.29. The minimum Gasteiger partial charge on any atom is -0.492 e. The van der Waals surface area contributed by atoms with Crippen molar-refractivity contribution in [2.45, 2.75) is 33.2 Å². The number of hydrogen-bond donors (Lipinski definition) is 1. The Morgan fingerprint density at radius 1 is 1.29 bits per heavy atom. The summed E-state index contributed by atoms with van der Waals surface area (Å²) in [6, 6.07) is 6.61. The fourth-order valence-corrected chi connectivity index (χ4v) is 3.69. The Bertz CT molecular complexity index is 582. The molecule has 0 saturated carbocycles. The van der Waals surface area contributed by atoms with Gasteiger partial charge < -0.3 is 10.1 Å². The number of hydrogen-bond acceptors (Lipinski definition) is 3. The molecule has 0 bridgehead atoms. The van der Waals surface area contributed by atoms with Crippen molar-refractivity contribution < 1.29 is 4.74 Å². The van der Waals surface area contributed by atoms with Gasteiger partial charge in [-0.2, -0.15) is 11.3 Å². The van der Waals surface area contributed by atoms with E-state index >= 15 is 0 Å². The van der Waals surface area contributed by atoms with Crippen LogP contribution in [0.5, 0.6) is 5.75 Å². The van der Waals surface area contributed by atoms with Crippen LogP contribution in [0, 0.1) is 6.92 Å². The molecule has 1 aromatic carbocycles. The molecule has 1 N–H and O–H groups in total. The summed E-state index contributed by atoms with van der Waals surface area (Å²) in [6.45, 7) is 8.11. The minimum atomic E-state index is 0.234. The topological polar surface area (TPSA) is 21.3 Å². The Morgan fingerprint density at radius 2 is 2.10 bits per heavy atom. The maximum absolute atomic E-state index is 5.73. The van der Waals surface area contributed by atoms with Gasteiger partial charge in [0.05, 0.1) is 17.1 Å². The Labute approximate surface area is 139 Å². The highest BCUT2D eigenvalue weighted by Crippen LogP contribution is 2.33. The van der Waals surface area contributed by atoms with Gasteiger partial charge in [0.2, 0.25) is 0 Å². The van der Waals surface area contributed by atoms with Crippen LogP contribution in [-0.4, -0.2) is 13.2 Å². The largest absolute Gasteiger partial charge is 0.492 e. The number of aryl methyl sites for hydroxylation is 1. The molecule has 0 saturated heterocycles. The van der Waals surface area contributed by atoms with Crippen LogP contribution < -0.4 is 10.1 Å². The van der Waals surface area contributed by atoms with Crippen molar-refractivity contribution in [1.82, 2.24) is 5.32 Å². The summed E-state index contributed by atoms with van der Waals surface area (Å²) in [5.74, 6) is 0.915. The lowest BCUT2D eigenvalue weighted by atomic mass is 9.98. The zero-order valence-electron chi connectivity index (χ0n) is 12.8. The Kier molecular flexibility index (Phi) is 6.27. The molecule has 2 aromatic rings. The minimum absolute atomic E-state index is 0.234. The lowest BCUT2D eigenvalue weighted by molar-refractivity contribution is 0.315. The van der Waals surface area contributed by atoms with Gasteiger partial charge in [-0.15, -0.1) is 0 Å². The van der Waals surface area contributed by atoms with Crippen molar-refractivity contribution >= 4 is 27.3 Å². The van der Waals surface area contributed by atoms with Gasteiger partial charge in [0.25, 0.3) is 0 Å². The van der Waals surface area contributed by atoms with E-state index in [0.717, 1.165) is 29.8 Å². The van der Waals surface area contributed by atoms with E-state index in [0.29, 0.717) is 0 Å². The first-order valence-corrected chi connectivity index (χ1v) is 9.09. The van der Waals surface area contributed by atoms with Crippen molar-refractivity contribution in [1.29, 1.82) is 0 Å². The number of rotatable bonds is 7. The Morgan fingerprint density at radius 3 is 2.67 bits per heavy atom. The second-order valence-corrected chi connectivity index (χ2v) is 6.64. The van der Waals surface area contributed by atoms with Gasteiger partial charge in [0.1, 0.15) is 5.75 Å². The van der Waals surface area contributed by atoms with Crippen molar-refractivity contribution in [2.75, 3.05) is 13.2 Å². The summed E-state index contributed by atoms with van der Waals surface area (Å²) in [6.07, 6.45) is 1.02. The molecule has 1 atom stereocenters. The molecule has 1 unspecified atom stereocenters. The first-order chi connectivity index (χ1) is 10.2. The van der Waals surface area contributed by atoms with Crippen LogP contribution >= 0.6 is 27.3 Å². The molecule has 4 heteroatoms. The van der Waals surface area contributed by atoms with E-state index in [2.05, 4.69) is 71.0 Å². The smallest absolute Gasteiger partial charge is 0.133 e. The number of nitrogens with one attached hydrogen (secondary N) is 1. The highest BCUT2D eigenvalue weighted by atomic mass is 79.9. The van der Waals surface area contributed by atoms with Crippen LogP contribution in [0.1, 0.15) is 43.0 Å². The third-order valence-electron chi connectivity index (χ3n) is 3.37. The van der Waals surface area contributed by atoms with Crippen LogP contribution in [0.15, 0.2) is 33.4 Å². The Hall–Kier alpha value is -0.840. The van der Waals surface area contributed by atoms with Crippen LogP contribution in [0.3, 0.4) is 0 Å². The van der Waals surface area contributed by atoms with Gasteiger partial charge in [-0.25, -0.2) is 0 Å². The second-order valence-electron chi connectivity index (χ2n) is 5.04. The highest BCUT2D eigenvalue weighted by Gasteiger charge is 2.17. The summed E-state index contributed by atoms with van der Waals surface area (Å²) < 4.78 is 6.75. The molecule has 0 radical (unpaired) electrons. The van der Waals surface area contributed by atoms with Gasteiger partial charge in [-0.3, -0.25) is 0 Å². The molecule has 21 heavy (non-hydrogen) atoms. The molecule has 0 amide bonds. The van der Waals surface area contributed by atoms with E-state index in [1.165, 1.54) is 16.7 Å². The summed E-state index contributed by atoms with van der Waals surface area (Å²) in [4.78, 5) is 0. The SMILES string of the molecule is CCCOc1ccc(C(NCC)c2cscc2C)cc1Br. The van der Waals surface area contributed by atoms with E-state index in [-0.39, 0.29) is 6.04 Å². The average Bonchev–Trinajstić information content (AvgIpc) is 2.89. The lowest BCUT2D eigenvalue weighted by Gasteiger charge is -2.20. The quantitative estimate of drug-likeness (QED) is 0.715. The maximum Gasteiger partial charge on any atom is 0.133 e. The fraction of sp³-hybridized carbons (Fsp3) is 0.412. The van der Waals surface area contributed by atoms with Gasteiger partial charge in [-0.1, -0.05) is 19.9 Å². The molecule has 0 spiro atoms. The van der Waals surface area contributed by atoms with Crippen molar-refractivity contribution in [3.8, 4) is 5.75 Å². The fourth-order valence-electron chi connectivity index (χ4n) is 2.30. The summed E-state index contributed by atoms with van der Waals surface area (Å²) in [5.41, 5.74) is 3.96. The molecule has 0 aliphatic carbocycles. The van der Waals surface area contributed by atoms with Crippen LogP contribution in [-0.2, 0) is 0 Å². The maximum atomic E-state index is 5.73. The van der Waals surface area contributed by atoms with Crippen molar-refractivity contribution in [2.24, 2.45) is 0 Å².